The molecule has 1 heterocycles. The molecule has 5 nitrogen and oxygen atoms in total. The van der Waals surface area contributed by atoms with Crippen LogP contribution >= 0.6 is 0 Å². The van der Waals surface area contributed by atoms with Crippen molar-refractivity contribution in [2.45, 2.75) is 13.0 Å². The van der Waals surface area contributed by atoms with Gasteiger partial charge < -0.3 is 15.6 Å². The molecule has 1 aromatic heterocycles. The van der Waals surface area contributed by atoms with Crippen LogP contribution in [0.1, 0.15) is 28.0 Å². The molecule has 88 valence electrons. The van der Waals surface area contributed by atoms with Gasteiger partial charge in [0.1, 0.15) is 5.69 Å². The highest BCUT2D eigenvalue weighted by Crippen LogP contribution is 2.26. The van der Waals surface area contributed by atoms with Crippen molar-refractivity contribution in [1.29, 1.82) is 0 Å². The maximum Gasteiger partial charge on any atom is 0.337 e. The number of methoxy groups -OCH3 is 1. The zero-order valence-corrected chi connectivity index (χ0v) is 8.41. The average molecular weight is 232 g/mol. The molecule has 0 bridgehead atoms. The van der Waals surface area contributed by atoms with E-state index in [1.807, 2.05) is 0 Å². The normalized spacial score (nSPS) is 10.6. The molecule has 0 saturated carbocycles. The maximum atomic E-state index is 12.5. The number of carboxylic acids is 1. The molecule has 0 fully saturated rings. The molecule has 1 rings (SSSR count). The highest BCUT2D eigenvalue weighted by Gasteiger charge is 2.22. The fourth-order valence-corrected chi connectivity index (χ4v) is 1.21. The predicted molar refractivity (Wildman–Crippen MR) is 50.6 cm³/mol. The van der Waals surface area contributed by atoms with Gasteiger partial charge in [0.15, 0.2) is 0 Å². The first-order valence-corrected chi connectivity index (χ1v) is 4.30. The van der Waals surface area contributed by atoms with Crippen molar-refractivity contribution < 1.29 is 23.4 Å². The van der Waals surface area contributed by atoms with Crippen molar-refractivity contribution in [3.05, 3.63) is 22.9 Å². The molecule has 0 aliphatic carbocycles. The number of ether oxygens (including phenoxy) is 1. The first-order valence-electron chi connectivity index (χ1n) is 4.30. The summed E-state index contributed by atoms with van der Waals surface area (Å²) in [5, 5.41) is 8.74. The molecule has 0 saturated heterocycles. The Balaban J connectivity index is 3.41. The van der Waals surface area contributed by atoms with Crippen LogP contribution in [0.5, 0.6) is 5.88 Å². The van der Waals surface area contributed by atoms with E-state index in [4.69, 9.17) is 15.6 Å². The number of pyridine rings is 1. The van der Waals surface area contributed by atoms with E-state index in [0.717, 1.165) is 6.07 Å². The molecule has 0 aliphatic heterocycles. The number of rotatable bonds is 4. The third kappa shape index (κ3) is 2.25. The summed E-state index contributed by atoms with van der Waals surface area (Å²) < 4.78 is 29.8. The number of hydrogen-bond acceptors (Lipinski definition) is 4. The first-order chi connectivity index (χ1) is 7.51. The molecule has 0 amide bonds. The van der Waals surface area contributed by atoms with Crippen molar-refractivity contribution >= 4 is 5.97 Å². The minimum absolute atomic E-state index is 0.0417. The lowest BCUT2D eigenvalue weighted by atomic mass is 10.1. The SMILES string of the molecule is COc1nc(C(F)F)c(C(=O)O)cc1CN. The molecular weight excluding hydrogens is 222 g/mol. The Hall–Kier alpha value is -1.76. The van der Waals surface area contributed by atoms with E-state index in [-0.39, 0.29) is 18.0 Å². The molecule has 0 aliphatic rings. The molecule has 0 unspecified atom stereocenters. The van der Waals surface area contributed by atoms with Crippen molar-refractivity contribution in [3.63, 3.8) is 0 Å². The smallest absolute Gasteiger partial charge is 0.337 e. The number of hydrogen-bond donors (Lipinski definition) is 2. The summed E-state index contributed by atoms with van der Waals surface area (Å²) in [5.74, 6) is -1.55. The van der Waals surface area contributed by atoms with E-state index in [2.05, 4.69) is 4.98 Å². The molecule has 0 aromatic carbocycles. The van der Waals surface area contributed by atoms with Gasteiger partial charge >= 0.3 is 5.97 Å². The van der Waals surface area contributed by atoms with E-state index in [0.29, 0.717) is 0 Å². The van der Waals surface area contributed by atoms with Gasteiger partial charge in [-0.05, 0) is 6.07 Å². The summed E-state index contributed by atoms with van der Waals surface area (Å²) >= 11 is 0. The monoisotopic (exact) mass is 232 g/mol. The largest absolute Gasteiger partial charge is 0.481 e. The van der Waals surface area contributed by atoms with Crippen molar-refractivity contribution in [2.75, 3.05) is 7.11 Å². The topological polar surface area (TPSA) is 85.4 Å². The Bertz CT molecular complexity index is 410. The van der Waals surface area contributed by atoms with Crippen LogP contribution in [0.2, 0.25) is 0 Å². The first kappa shape index (κ1) is 12.3. The minimum atomic E-state index is -2.98. The van der Waals surface area contributed by atoms with E-state index in [1.165, 1.54) is 7.11 Å². The highest BCUT2D eigenvalue weighted by atomic mass is 19.3. The lowest BCUT2D eigenvalue weighted by Crippen LogP contribution is -2.11. The molecule has 16 heavy (non-hydrogen) atoms. The van der Waals surface area contributed by atoms with Gasteiger partial charge in [-0.2, -0.15) is 0 Å². The number of carboxylic acid groups (broad SMARTS) is 1. The second kappa shape index (κ2) is 4.84. The summed E-state index contributed by atoms with van der Waals surface area (Å²) in [5.41, 5.74) is 4.21. The van der Waals surface area contributed by atoms with Gasteiger partial charge in [0, 0.05) is 12.1 Å². The van der Waals surface area contributed by atoms with E-state index in [9.17, 15) is 13.6 Å². The third-order valence-electron chi connectivity index (χ3n) is 1.94. The summed E-state index contributed by atoms with van der Waals surface area (Å²) in [6, 6.07) is 1.05. The Morgan fingerprint density at radius 1 is 1.69 bits per heavy atom. The third-order valence-corrected chi connectivity index (χ3v) is 1.94. The quantitative estimate of drug-likeness (QED) is 0.814. The number of carbonyl (C=O) groups is 1. The number of aromatic nitrogens is 1. The molecule has 0 spiro atoms. The molecule has 0 radical (unpaired) electrons. The predicted octanol–water partition coefficient (Wildman–Crippen LogP) is 1.18. The van der Waals surface area contributed by atoms with Gasteiger partial charge in [-0.25, -0.2) is 18.6 Å². The van der Waals surface area contributed by atoms with E-state index in [1.54, 1.807) is 0 Å². The van der Waals surface area contributed by atoms with Crippen LogP contribution in [0.25, 0.3) is 0 Å². The van der Waals surface area contributed by atoms with Crippen LogP contribution in [0.3, 0.4) is 0 Å². The maximum absolute atomic E-state index is 12.5. The van der Waals surface area contributed by atoms with Crippen LogP contribution < -0.4 is 10.5 Å². The van der Waals surface area contributed by atoms with Gasteiger partial charge in [0.2, 0.25) is 5.88 Å². The van der Waals surface area contributed by atoms with Crippen LogP contribution in [0, 0.1) is 0 Å². The minimum Gasteiger partial charge on any atom is -0.481 e. The highest BCUT2D eigenvalue weighted by molar-refractivity contribution is 5.89. The van der Waals surface area contributed by atoms with Crippen LogP contribution in [-0.2, 0) is 6.54 Å². The van der Waals surface area contributed by atoms with Crippen LogP contribution in [0.4, 0.5) is 8.78 Å². The summed E-state index contributed by atoms with van der Waals surface area (Å²) in [6.45, 7) is -0.0417. The second-order valence-electron chi connectivity index (χ2n) is 2.90. The number of aromatic carboxylic acids is 1. The molecule has 1 aromatic rings. The fourth-order valence-electron chi connectivity index (χ4n) is 1.21. The number of halogens is 2. The van der Waals surface area contributed by atoms with Gasteiger partial charge in [-0.15, -0.1) is 0 Å². The van der Waals surface area contributed by atoms with E-state index < -0.39 is 23.7 Å². The summed E-state index contributed by atoms with van der Waals surface area (Å²) in [4.78, 5) is 14.2. The lowest BCUT2D eigenvalue weighted by molar-refractivity contribution is 0.0681. The van der Waals surface area contributed by atoms with Crippen molar-refractivity contribution in [1.82, 2.24) is 4.98 Å². The van der Waals surface area contributed by atoms with Crippen molar-refractivity contribution in [2.24, 2.45) is 5.73 Å². The molecule has 0 atom stereocenters. The number of nitrogens with zero attached hydrogens (tertiary/aromatic N) is 1. The lowest BCUT2D eigenvalue weighted by Gasteiger charge is -2.10. The van der Waals surface area contributed by atoms with Crippen LogP contribution in [0.15, 0.2) is 6.07 Å². The summed E-state index contributed by atoms with van der Waals surface area (Å²) in [7, 11) is 1.25. The summed E-state index contributed by atoms with van der Waals surface area (Å²) in [6.07, 6.45) is -2.98. The van der Waals surface area contributed by atoms with Gasteiger partial charge in [0.05, 0.1) is 12.7 Å². The van der Waals surface area contributed by atoms with E-state index >= 15 is 0 Å². The van der Waals surface area contributed by atoms with Crippen LogP contribution in [-0.4, -0.2) is 23.2 Å². The number of alkyl halides is 2. The zero-order chi connectivity index (χ0) is 12.3. The fraction of sp³-hybridized carbons (Fsp3) is 0.333. The Kier molecular flexibility index (Phi) is 3.73. The standard InChI is InChI=1S/C9H10F2N2O3/c1-16-8-4(3-12)2-5(9(14)15)6(13-8)7(10)11/h2,7H,3,12H2,1H3,(H,14,15). The molecular formula is C9H10F2N2O3. The molecule has 7 heteroatoms. The Morgan fingerprint density at radius 2 is 2.31 bits per heavy atom. The average Bonchev–Trinajstić information content (AvgIpc) is 2.26. The van der Waals surface area contributed by atoms with Gasteiger partial charge in [-0.3, -0.25) is 0 Å². The van der Waals surface area contributed by atoms with Gasteiger partial charge in [0.25, 0.3) is 6.43 Å². The molecule has 3 N–H and O–H groups in total. The zero-order valence-electron chi connectivity index (χ0n) is 8.41. The van der Waals surface area contributed by atoms with Crippen molar-refractivity contribution in [3.8, 4) is 5.88 Å². The van der Waals surface area contributed by atoms with Gasteiger partial charge in [-0.1, -0.05) is 0 Å². The Labute approximate surface area is 89.9 Å². The Morgan fingerprint density at radius 3 is 2.69 bits per heavy atom. The second-order valence-corrected chi connectivity index (χ2v) is 2.90. The number of nitrogens with two attached hydrogens (primary N) is 1.